The van der Waals surface area contributed by atoms with E-state index >= 15 is 0 Å². The number of carbonyl (C=O) groups excluding carboxylic acids is 1. The monoisotopic (exact) mass is 275 g/mol. The second-order valence-corrected chi connectivity index (χ2v) is 6.47. The zero-order valence-electron chi connectivity index (χ0n) is 12.5. The van der Waals surface area contributed by atoms with Gasteiger partial charge in [0.25, 0.3) is 5.91 Å². The fourth-order valence-electron chi connectivity index (χ4n) is 3.27. The third kappa shape index (κ3) is 2.90. The fraction of sp³-hybridized carbons (Fsp3) is 0.688. The Balaban J connectivity index is 1.59. The van der Waals surface area contributed by atoms with Gasteiger partial charge in [0.05, 0.1) is 0 Å². The molecule has 1 atom stereocenters. The molecule has 0 saturated heterocycles. The number of H-pyrrole nitrogens is 1. The molecule has 1 aromatic heterocycles. The topological polar surface area (TPSA) is 48.1 Å². The summed E-state index contributed by atoms with van der Waals surface area (Å²) < 4.78 is 0. The molecule has 0 aromatic carbocycles. The number of nitrogens with zero attached hydrogens (tertiary/aromatic N) is 1. The molecule has 1 fully saturated rings. The van der Waals surface area contributed by atoms with Gasteiger partial charge in [-0.2, -0.15) is 0 Å². The molecule has 0 unspecified atom stereocenters. The lowest BCUT2D eigenvalue weighted by Gasteiger charge is -2.24. The third-order valence-corrected chi connectivity index (χ3v) is 4.66. The number of likely N-dealkylation sites (N-methyl/N-ethyl adjacent to an activating group) is 1. The number of hydrogen-bond acceptors (Lipinski definition) is 2. The summed E-state index contributed by atoms with van der Waals surface area (Å²) in [4.78, 5) is 17.8. The lowest BCUT2D eigenvalue weighted by atomic mass is 9.98. The van der Waals surface area contributed by atoms with Crippen molar-refractivity contribution in [2.75, 3.05) is 20.6 Å². The quantitative estimate of drug-likeness (QED) is 0.863. The lowest BCUT2D eigenvalue weighted by Crippen LogP contribution is -2.41. The highest BCUT2D eigenvalue weighted by Crippen LogP contribution is 2.34. The largest absolute Gasteiger partial charge is 0.354 e. The van der Waals surface area contributed by atoms with E-state index in [0.717, 1.165) is 31.0 Å². The molecule has 20 heavy (non-hydrogen) atoms. The van der Waals surface area contributed by atoms with E-state index in [9.17, 15) is 4.79 Å². The standard InChI is InChI=1S/C16H25N3O/c1-19(2)15(11-7-8-11)10-17-16(20)14-9-12-5-3-4-6-13(12)18-14/h9,11,15,18H,3-8,10H2,1-2H3,(H,17,20)/t15-/m0/s1. The van der Waals surface area contributed by atoms with Gasteiger partial charge in [-0.25, -0.2) is 0 Å². The highest BCUT2D eigenvalue weighted by molar-refractivity contribution is 5.92. The van der Waals surface area contributed by atoms with Crippen molar-refractivity contribution in [3.05, 3.63) is 23.0 Å². The van der Waals surface area contributed by atoms with Crippen LogP contribution in [-0.2, 0) is 12.8 Å². The van der Waals surface area contributed by atoms with Crippen LogP contribution in [0.25, 0.3) is 0 Å². The third-order valence-electron chi connectivity index (χ3n) is 4.66. The summed E-state index contributed by atoms with van der Waals surface area (Å²) in [7, 11) is 4.20. The van der Waals surface area contributed by atoms with Gasteiger partial charge in [-0.05, 0) is 70.2 Å². The van der Waals surface area contributed by atoms with Crippen molar-refractivity contribution in [3.8, 4) is 0 Å². The first-order valence-corrected chi connectivity index (χ1v) is 7.80. The average molecular weight is 275 g/mol. The summed E-state index contributed by atoms with van der Waals surface area (Å²) in [6.07, 6.45) is 7.28. The molecule has 0 spiro atoms. The van der Waals surface area contributed by atoms with E-state index in [1.165, 1.54) is 36.9 Å². The summed E-state index contributed by atoms with van der Waals surface area (Å²) in [5.41, 5.74) is 3.35. The van der Waals surface area contributed by atoms with Crippen molar-refractivity contribution >= 4 is 5.91 Å². The Hall–Kier alpha value is -1.29. The minimum absolute atomic E-state index is 0.0481. The number of aromatic nitrogens is 1. The lowest BCUT2D eigenvalue weighted by molar-refractivity contribution is 0.0934. The molecule has 1 aromatic rings. The van der Waals surface area contributed by atoms with Crippen molar-refractivity contribution in [3.63, 3.8) is 0 Å². The summed E-state index contributed by atoms with van der Waals surface area (Å²) in [5, 5.41) is 3.10. The van der Waals surface area contributed by atoms with Crippen LogP contribution in [0.15, 0.2) is 6.07 Å². The Morgan fingerprint density at radius 3 is 2.80 bits per heavy atom. The van der Waals surface area contributed by atoms with E-state index < -0.39 is 0 Å². The molecule has 4 nitrogen and oxygen atoms in total. The van der Waals surface area contributed by atoms with Crippen LogP contribution in [0.5, 0.6) is 0 Å². The minimum Gasteiger partial charge on any atom is -0.354 e. The molecule has 2 N–H and O–H groups in total. The number of aryl methyl sites for hydroxylation is 2. The van der Waals surface area contributed by atoms with Gasteiger partial charge in [-0.3, -0.25) is 4.79 Å². The van der Waals surface area contributed by atoms with Crippen molar-refractivity contribution in [1.29, 1.82) is 0 Å². The number of hydrogen-bond donors (Lipinski definition) is 2. The van der Waals surface area contributed by atoms with Gasteiger partial charge in [-0.15, -0.1) is 0 Å². The Bertz CT molecular complexity index is 462. The van der Waals surface area contributed by atoms with E-state index in [4.69, 9.17) is 0 Å². The van der Waals surface area contributed by atoms with E-state index in [1.54, 1.807) is 0 Å². The second-order valence-electron chi connectivity index (χ2n) is 6.47. The average Bonchev–Trinajstić information content (AvgIpc) is 3.16. The van der Waals surface area contributed by atoms with E-state index in [2.05, 4.69) is 29.3 Å². The van der Waals surface area contributed by atoms with Crippen LogP contribution >= 0.6 is 0 Å². The van der Waals surface area contributed by atoms with E-state index in [1.807, 2.05) is 6.07 Å². The molecule has 1 amide bonds. The Kier molecular flexibility index (Phi) is 3.83. The molecule has 3 rings (SSSR count). The van der Waals surface area contributed by atoms with Gasteiger partial charge >= 0.3 is 0 Å². The molecule has 1 heterocycles. The smallest absolute Gasteiger partial charge is 0.267 e. The first kappa shape index (κ1) is 13.7. The number of amides is 1. The molecular weight excluding hydrogens is 250 g/mol. The SMILES string of the molecule is CN(C)[C@@H](CNC(=O)c1cc2c([nH]1)CCCC2)C1CC1. The predicted molar refractivity (Wildman–Crippen MR) is 80.0 cm³/mol. The molecule has 2 aliphatic rings. The maximum atomic E-state index is 12.3. The normalized spacial score (nSPS) is 19.8. The van der Waals surface area contributed by atoms with Gasteiger partial charge in [-0.1, -0.05) is 0 Å². The van der Waals surface area contributed by atoms with Crippen LogP contribution < -0.4 is 5.32 Å². The van der Waals surface area contributed by atoms with Crippen LogP contribution in [-0.4, -0.2) is 42.5 Å². The summed E-state index contributed by atoms with van der Waals surface area (Å²) >= 11 is 0. The van der Waals surface area contributed by atoms with Crippen molar-refractivity contribution in [1.82, 2.24) is 15.2 Å². The molecule has 2 aliphatic carbocycles. The zero-order valence-corrected chi connectivity index (χ0v) is 12.5. The number of aromatic amines is 1. The highest BCUT2D eigenvalue weighted by Gasteiger charge is 2.32. The van der Waals surface area contributed by atoms with Crippen molar-refractivity contribution in [2.24, 2.45) is 5.92 Å². The zero-order chi connectivity index (χ0) is 14.1. The number of fused-ring (bicyclic) bond motifs is 1. The van der Waals surface area contributed by atoms with Gasteiger partial charge in [0.15, 0.2) is 0 Å². The number of nitrogens with one attached hydrogen (secondary N) is 2. The first-order chi connectivity index (χ1) is 9.65. The summed E-state index contributed by atoms with van der Waals surface area (Å²) in [6, 6.07) is 2.52. The van der Waals surface area contributed by atoms with E-state index in [0.29, 0.717) is 6.04 Å². The molecular formula is C16H25N3O. The molecule has 0 aliphatic heterocycles. The van der Waals surface area contributed by atoms with Crippen LogP contribution in [0.4, 0.5) is 0 Å². The molecule has 0 radical (unpaired) electrons. The first-order valence-electron chi connectivity index (χ1n) is 7.80. The second kappa shape index (κ2) is 5.60. The summed E-state index contributed by atoms with van der Waals surface area (Å²) in [5.74, 6) is 0.814. The van der Waals surface area contributed by atoms with Crippen molar-refractivity contribution in [2.45, 2.75) is 44.6 Å². The van der Waals surface area contributed by atoms with Gasteiger partial charge in [0.2, 0.25) is 0 Å². The molecule has 0 bridgehead atoms. The van der Waals surface area contributed by atoms with Crippen LogP contribution in [0, 0.1) is 5.92 Å². The van der Waals surface area contributed by atoms with Gasteiger partial charge in [0, 0.05) is 18.3 Å². The minimum atomic E-state index is 0.0481. The predicted octanol–water partition coefficient (Wildman–Crippen LogP) is 1.96. The van der Waals surface area contributed by atoms with Crippen LogP contribution in [0.1, 0.15) is 47.4 Å². The molecule has 1 saturated carbocycles. The summed E-state index contributed by atoms with van der Waals surface area (Å²) in [6.45, 7) is 0.750. The fourth-order valence-corrected chi connectivity index (χ4v) is 3.27. The van der Waals surface area contributed by atoms with Crippen molar-refractivity contribution < 1.29 is 4.79 Å². The van der Waals surface area contributed by atoms with Crippen LogP contribution in [0.2, 0.25) is 0 Å². The maximum absolute atomic E-state index is 12.3. The maximum Gasteiger partial charge on any atom is 0.267 e. The number of carbonyl (C=O) groups is 1. The van der Waals surface area contributed by atoms with Crippen LogP contribution in [0.3, 0.4) is 0 Å². The Labute approximate surface area is 120 Å². The number of rotatable bonds is 5. The highest BCUT2D eigenvalue weighted by atomic mass is 16.1. The van der Waals surface area contributed by atoms with E-state index in [-0.39, 0.29) is 5.91 Å². The van der Waals surface area contributed by atoms with Gasteiger partial charge < -0.3 is 15.2 Å². The molecule has 110 valence electrons. The Morgan fingerprint density at radius 2 is 2.15 bits per heavy atom. The van der Waals surface area contributed by atoms with Gasteiger partial charge in [0.1, 0.15) is 5.69 Å². The Morgan fingerprint density at radius 1 is 1.40 bits per heavy atom. The molecule has 4 heteroatoms.